The van der Waals surface area contributed by atoms with Gasteiger partial charge in [0, 0.05) is 32.9 Å². The van der Waals surface area contributed by atoms with Gasteiger partial charge in [-0.05, 0) is 101 Å². The number of rotatable bonds is 11. The molecule has 0 bridgehead atoms. The van der Waals surface area contributed by atoms with Gasteiger partial charge in [-0.15, -0.1) is 0 Å². The highest BCUT2D eigenvalue weighted by Gasteiger charge is 2.44. The molecule has 0 aliphatic carbocycles. The Labute approximate surface area is 445 Å². The Bertz CT molecular complexity index is 4230. The van der Waals surface area contributed by atoms with Crippen molar-refractivity contribution in [2.24, 2.45) is 0 Å². The minimum absolute atomic E-state index is 1.13. The molecule has 0 atom stereocenters. The van der Waals surface area contributed by atoms with Gasteiger partial charge in [0.15, 0.2) is 16.1 Å². The number of benzene rings is 12. The van der Waals surface area contributed by atoms with Gasteiger partial charge in [-0.25, -0.2) is 0 Å². The zero-order chi connectivity index (χ0) is 50.5. The lowest BCUT2D eigenvalue weighted by Gasteiger charge is -2.35. The molecular formula is C72H52N2Si2. The van der Waals surface area contributed by atoms with Gasteiger partial charge in [-0.1, -0.05) is 267 Å². The second-order valence-corrected chi connectivity index (χ2v) is 27.5. The Hall–Kier alpha value is -9.33. The van der Waals surface area contributed by atoms with E-state index < -0.39 is 16.1 Å². The van der Waals surface area contributed by atoms with Crippen molar-refractivity contribution in [3.05, 3.63) is 315 Å². The van der Waals surface area contributed by atoms with Crippen LogP contribution in [-0.2, 0) is 0 Å². The predicted octanol–water partition coefficient (Wildman–Crippen LogP) is 12.3. The highest BCUT2D eigenvalue weighted by Crippen LogP contribution is 2.37. The second kappa shape index (κ2) is 18.9. The lowest BCUT2D eigenvalue weighted by molar-refractivity contribution is 1.17. The van der Waals surface area contributed by atoms with E-state index in [9.17, 15) is 0 Å². The van der Waals surface area contributed by atoms with Gasteiger partial charge in [-0.2, -0.15) is 0 Å². The molecule has 358 valence electrons. The fraction of sp³-hybridized carbons (Fsp3) is 0. The lowest BCUT2D eigenvalue weighted by atomic mass is 10.1. The molecule has 76 heavy (non-hydrogen) atoms. The first-order chi connectivity index (χ1) is 37.7. The molecule has 0 saturated carbocycles. The zero-order valence-electron chi connectivity index (χ0n) is 41.9. The van der Waals surface area contributed by atoms with E-state index in [0.717, 1.165) is 11.4 Å². The average Bonchev–Trinajstić information content (AvgIpc) is 4.03. The summed E-state index contributed by atoms with van der Waals surface area (Å²) in [5.74, 6) is 0. The van der Waals surface area contributed by atoms with Crippen LogP contribution in [0.25, 0.3) is 66.1 Å². The maximum absolute atomic E-state index is 3.00. The molecule has 0 amide bonds. The van der Waals surface area contributed by atoms with Crippen LogP contribution in [0.1, 0.15) is 0 Å². The van der Waals surface area contributed by atoms with Crippen molar-refractivity contribution in [3.8, 4) is 22.5 Å². The first-order valence-corrected chi connectivity index (χ1v) is 30.3. The molecule has 0 N–H and O–H groups in total. The highest BCUT2D eigenvalue weighted by atomic mass is 28.3. The topological polar surface area (TPSA) is 9.86 Å². The fourth-order valence-corrected chi connectivity index (χ4v) is 22.6. The normalized spacial score (nSPS) is 11.9. The van der Waals surface area contributed by atoms with E-state index in [4.69, 9.17) is 0 Å². The largest absolute Gasteiger partial charge is 0.309 e. The summed E-state index contributed by atoms with van der Waals surface area (Å²) < 4.78 is 5.01. The van der Waals surface area contributed by atoms with Crippen LogP contribution in [0.4, 0.5) is 0 Å². The monoisotopic (exact) mass is 1000 g/mol. The summed E-state index contributed by atoms with van der Waals surface area (Å²) in [6.45, 7) is 0. The Morgan fingerprint density at radius 3 is 1.16 bits per heavy atom. The third-order valence-corrected chi connectivity index (χ3v) is 25.6. The van der Waals surface area contributed by atoms with Crippen molar-refractivity contribution in [2.75, 3.05) is 0 Å². The highest BCUT2D eigenvalue weighted by molar-refractivity contribution is 7.21. The number of hydrogen-bond donors (Lipinski definition) is 0. The van der Waals surface area contributed by atoms with Crippen molar-refractivity contribution in [1.82, 2.24) is 9.13 Å². The molecule has 4 heteroatoms. The van der Waals surface area contributed by atoms with Crippen LogP contribution < -0.4 is 41.5 Å². The summed E-state index contributed by atoms with van der Waals surface area (Å²) in [5.41, 5.74) is 9.46. The smallest absolute Gasteiger partial charge is 0.180 e. The SMILES string of the molecule is c1ccc(-c2ccc([Si](c3ccccc3)(c3ccccc3)c3cccc4c3c3ccccc3n4-c3ccc4c(c3)c3ccccc3n4-c3cccc([Si](c4ccccc4)(c4ccccc4)c4ccccc4)c3)cc2)cc1. The zero-order valence-corrected chi connectivity index (χ0v) is 43.9. The predicted molar refractivity (Wildman–Crippen MR) is 328 cm³/mol. The summed E-state index contributed by atoms with van der Waals surface area (Å²) in [7, 11) is -5.80. The van der Waals surface area contributed by atoms with Crippen molar-refractivity contribution >= 4 is 101 Å². The molecule has 0 saturated heterocycles. The van der Waals surface area contributed by atoms with E-state index in [0.29, 0.717) is 0 Å². The Kier molecular flexibility index (Phi) is 11.2. The Morgan fingerprint density at radius 2 is 0.592 bits per heavy atom. The van der Waals surface area contributed by atoms with Gasteiger partial charge in [0.05, 0.1) is 22.1 Å². The van der Waals surface area contributed by atoms with Gasteiger partial charge < -0.3 is 9.13 Å². The van der Waals surface area contributed by atoms with Gasteiger partial charge in [0.1, 0.15) is 0 Å². The van der Waals surface area contributed by atoms with Gasteiger partial charge in [0.25, 0.3) is 0 Å². The van der Waals surface area contributed by atoms with E-state index in [2.05, 4.69) is 325 Å². The quantitative estimate of drug-likeness (QED) is 0.0903. The molecule has 2 aromatic heterocycles. The summed E-state index contributed by atoms with van der Waals surface area (Å²) in [4.78, 5) is 0. The van der Waals surface area contributed by atoms with E-state index in [1.165, 1.54) is 96.2 Å². The van der Waals surface area contributed by atoms with Crippen LogP contribution in [0, 0.1) is 0 Å². The van der Waals surface area contributed by atoms with Crippen molar-refractivity contribution in [1.29, 1.82) is 0 Å². The van der Waals surface area contributed by atoms with Crippen LogP contribution in [0.2, 0.25) is 0 Å². The van der Waals surface area contributed by atoms with Crippen LogP contribution in [-0.4, -0.2) is 25.3 Å². The minimum atomic E-state index is -3.00. The maximum Gasteiger partial charge on any atom is 0.180 e. The summed E-state index contributed by atoms with van der Waals surface area (Å²) in [6, 6.07) is 118. The fourth-order valence-electron chi connectivity index (χ4n) is 12.8. The number of para-hydroxylation sites is 2. The van der Waals surface area contributed by atoms with Crippen LogP contribution in [0.3, 0.4) is 0 Å². The maximum atomic E-state index is 2.52. The lowest BCUT2D eigenvalue weighted by Crippen LogP contribution is -2.74. The van der Waals surface area contributed by atoms with Gasteiger partial charge in [-0.3, -0.25) is 0 Å². The Balaban J connectivity index is 0.990. The first-order valence-electron chi connectivity index (χ1n) is 26.3. The minimum Gasteiger partial charge on any atom is -0.309 e. The average molecular weight is 1000 g/mol. The summed E-state index contributed by atoms with van der Waals surface area (Å²) in [5, 5.41) is 15.8. The van der Waals surface area contributed by atoms with E-state index in [-0.39, 0.29) is 0 Å². The molecule has 0 aliphatic rings. The molecule has 0 aliphatic heterocycles. The Morgan fingerprint density at radius 1 is 0.211 bits per heavy atom. The van der Waals surface area contributed by atoms with Gasteiger partial charge in [0.2, 0.25) is 0 Å². The molecule has 12 aromatic carbocycles. The molecule has 0 radical (unpaired) electrons. The number of fused-ring (bicyclic) bond motifs is 6. The van der Waals surface area contributed by atoms with Crippen LogP contribution in [0.5, 0.6) is 0 Å². The van der Waals surface area contributed by atoms with E-state index >= 15 is 0 Å². The summed E-state index contributed by atoms with van der Waals surface area (Å²) >= 11 is 0. The van der Waals surface area contributed by atoms with Crippen molar-refractivity contribution in [3.63, 3.8) is 0 Å². The molecule has 14 aromatic rings. The second-order valence-electron chi connectivity index (χ2n) is 19.9. The number of aromatic nitrogens is 2. The number of hydrogen-bond acceptors (Lipinski definition) is 0. The molecule has 2 heterocycles. The third-order valence-electron chi connectivity index (χ3n) is 16.0. The van der Waals surface area contributed by atoms with Crippen LogP contribution >= 0.6 is 0 Å². The van der Waals surface area contributed by atoms with Crippen molar-refractivity contribution in [2.45, 2.75) is 0 Å². The van der Waals surface area contributed by atoms with Crippen LogP contribution in [0.15, 0.2) is 315 Å². The third kappa shape index (κ3) is 7.14. The molecule has 2 nitrogen and oxygen atoms in total. The van der Waals surface area contributed by atoms with E-state index in [1.54, 1.807) is 0 Å². The molecule has 0 spiro atoms. The number of nitrogens with zero attached hydrogens (tertiary/aromatic N) is 2. The standard InChI is InChI=1S/C72H52N2Si2/c1-7-25-53(26-8-1)54-45-48-62(49-46-54)76(60-34-15-5-16-35-60,61-36-17-6-18-37-61)71-44-24-43-70-72(71)65-40-20-22-42-68(65)74(70)56-47-50-69-66(52-56)64-39-19-21-41-67(64)73(69)55-27-23-38-63(51-55)75(57-28-9-2-10-29-57,58-30-11-3-12-31-58)59-32-13-4-14-33-59/h1-52H. The van der Waals surface area contributed by atoms with E-state index in [1.807, 2.05) is 0 Å². The van der Waals surface area contributed by atoms with Crippen molar-refractivity contribution < 1.29 is 0 Å². The molecule has 14 rings (SSSR count). The summed E-state index contributed by atoms with van der Waals surface area (Å²) in [6.07, 6.45) is 0. The molecule has 0 unspecified atom stereocenters. The molecular weight excluding hydrogens is 949 g/mol. The first kappa shape index (κ1) is 45.3. The van der Waals surface area contributed by atoms with Gasteiger partial charge >= 0.3 is 0 Å². The molecule has 0 fully saturated rings.